The molecule has 0 aliphatic rings. The predicted molar refractivity (Wildman–Crippen MR) is 354 cm³/mol. The van der Waals surface area contributed by atoms with Crippen LogP contribution in [0.3, 0.4) is 0 Å². The molecule has 0 fully saturated rings. The van der Waals surface area contributed by atoms with E-state index >= 15 is 0 Å². The highest BCUT2D eigenvalue weighted by atomic mass is 16.6. The van der Waals surface area contributed by atoms with Gasteiger partial charge in [0, 0.05) is 19.3 Å². The van der Waals surface area contributed by atoms with E-state index in [-0.39, 0.29) is 31.1 Å². The first-order valence-corrected chi connectivity index (χ1v) is 37.5. The number of ether oxygens (including phenoxy) is 3. The molecule has 0 aromatic heterocycles. The number of rotatable bonds is 71. The number of carbonyl (C=O) groups is 3. The van der Waals surface area contributed by atoms with Crippen molar-refractivity contribution in [2.45, 2.75) is 451 Å². The van der Waals surface area contributed by atoms with E-state index in [1.54, 1.807) is 0 Å². The van der Waals surface area contributed by atoms with Gasteiger partial charge in [-0.25, -0.2) is 0 Å². The minimum Gasteiger partial charge on any atom is -0.462 e. The van der Waals surface area contributed by atoms with Crippen LogP contribution >= 0.6 is 0 Å². The fourth-order valence-corrected chi connectivity index (χ4v) is 12.0. The quantitative estimate of drug-likeness (QED) is 0.0343. The maximum Gasteiger partial charge on any atom is 0.306 e. The molecule has 0 aliphatic carbocycles. The van der Waals surface area contributed by atoms with Gasteiger partial charge in [0.05, 0.1) is 0 Å². The van der Waals surface area contributed by atoms with Gasteiger partial charge in [-0.2, -0.15) is 0 Å². The van der Waals surface area contributed by atoms with Crippen molar-refractivity contribution < 1.29 is 28.6 Å². The fourth-order valence-electron chi connectivity index (χ4n) is 12.0. The van der Waals surface area contributed by atoms with Gasteiger partial charge in [0.2, 0.25) is 0 Å². The van der Waals surface area contributed by atoms with Gasteiger partial charge >= 0.3 is 17.9 Å². The highest BCUT2D eigenvalue weighted by Gasteiger charge is 2.20. The number of unbranched alkanes of at least 4 members (excludes halogenated alkanes) is 60. The first-order chi connectivity index (χ1) is 40.0. The summed E-state index contributed by atoms with van der Waals surface area (Å²) in [4.78, 5) is 38.2. The summed E-state index contributed by atoms with van der Waals surface area (Å²) >= 11 is 0. The normalized spacial score (nSPS) is 11.9. The SMILES string of the molecule is CCCCCCCCCCCCCCCCCCCCCCCCCCCCCCCCCCCCC(=O)OCC(COC(=O)CCCCCCCCC)OC(=O)CCCCCCCCCCCCCCCCCCCCCCCC. The van der Waals surface area contributed by atoms with E-state index in [2.05, 4.69) is 20.8 Å². The van der Waals surface area contributed by atoms with Crippen LogP contribution in [0.1, 0.15) is 445 Å². The Hall–Kier alpha value is -1.59. The Bertz CT molecular complexity index is 1220. The van der Waals surface area contributed by atoms with Crippen LogP contribution in [0.2, 0.25) is 0 Å². The van der Waals surface area contributed by atoms with Crippen LogP contribution in [-0.2, 0) is 28.6 Å². The van der Waals surface area contributed by atoms with Crippen LogP contribution in [0.4, 0.5) is 0 Å². The molecule has 0 rings (SSSR count). The van der Waals surface area contributed by atoms with Crippen molar-refractivity contribution in [3.63, 3.8) is 0 Å². The molecule has 0 aliphatic heterocycles. The Labute approximate surface area is 508 Å². The van der Waals surface area contributed by atoms with E-state index in [9.17, 15) is 14.4 Å². The molecule has 482 valence electrons. The molecule has 0 saturated heterocycles. The second-order valence-corrected chi connectivity index (χ2v) is 25.9. The Morgan fingerprint density at radius 1 is 0.198 bits per heavy atom. The van der Waals surface area contributed by atoms with Gasteiger partial charge in [0.15, 0.2) is 6.10 Å². The van der Waals surface area contributed by atoms with Crippen LogP contribution in [0.5, 0.6) is 0 Å². The van der Waals surface area contributed by atoms with Crippen LogP contribution in [0.25, 0.3) is 0 Å². The van der Waals surface area contributed by atoms with Gasteiger partial charge in [0.1, 0.15) is 13.2 Å². The van der Waals surface area contributed by atoms with Gasteiger partial charge in [0.25, 0.3) is 0 Å². The lowest BCUT2D eigenvalue weighted by Crippen LogP contribution is -2.30. The minimum absolute atomic E-state index is 0.0612. The second kappa shape index (κ2) is 70.9. The summed E-state index contributed by atoms with van der Waals surface area (Å²) in [6.07, 6.45) is 84.9. The predicted octanol–water partition coefficient (Wildman–Crippen LogP) is 25.8. The topological polar surface area (TPSA) is 78.9 Å². The molecule has 0 N–H and O–H groups in total. The monoisotopic (exact) mass is 1140 g/mol. The van der Waals surface area contributed by atoms with Gasteiger partial charge in [-0.3, -0.25) is 14.4 Å². The summed E-state index contributed by atoms with van der Waals surface area (Å²) in [5.41, 5.74) is 0. The van der Waals surface area contributed by atoms with Gasteiger partial charge in [-0.15, -0.1) is 0 Å². The Morgan fingerprint density at radius 2 is 0.333 bits per heavy atom. The van der Waals surface area contributed by atoms with E-state index in [4.69, 9.17) is 14.2 Å². The first-order valence-electron chi connectivity index (χ1n) is 37.5. The van der Waals surface area contributed by atoms with Crippen molar-refractivity contribution >= 4 is 17.9 Å². The average Bonchev–Trinajstić information content (AvgIpc) is 3.47. The number of esters is 3. The van der Waals surface area contributed by atoms with Crippen molar-refractivity contribution in [3.8, 4) is 0 Å². The van der Waals surface area contributed by atoms with Crippen molar-refractivity contribution in [1.29, 1.82) is 0 Å². The number of hydrogen-bond acceptors (Lipinski definition) is 6. The second-order valence-electron chi connectivity index (χ2n) is 25.9. The smallest absolute Gasteiger partial charge is 0.306 e. The maximum atomic E-state index is 12.9. The molecule has 81 heavy (non-hydrogen) atoms. The third-order valence-electron chi connectivity index (χ3n) is 17.6. The molecule has 0 saturated carbocycles. The fraction of sp³-hybridized carbons (Fsp3) is 0.960. The summed E-state index contributed by atoms with van der Waals surface area (Å²) in [6, 6.07) is 0. The Morgan fingerprint density at radius 3 is 0.494 bits per heavy atom. The summed E-state index contributed by atoms with van der Waals surface area (Å²) in [5, 5.41) is 0. The lowest BCUT2D eigenvalue weighted by molar-refractivity contribution is -0.167. The molecule has 1 atom stereocenters. The maximum absolute atomic E-state index is 12.9. The highest BCUT2D eigenvalue weighted by Crippen LogP contribution is 2.20. The number of carbonyl (C=O) groups excluding carboxylic acids is 3. The zero-order valence-corrected chi connectivity index (χ0v) is 55.6. The van der Waals surface area contributed by atoms with E-state index in [1.807, 2.05) is 0 Å². The first kappa shape index (κ1) is 79.4. The Balaban J connectivity index is 3.91. The lowest BCUT2D eigenvalue weighted by Gasteiger charge is -2.18. The van der Waals surface area contributed by atoms with Crippen molar-refractivity contribution in [1.82, 2.24) is 0 Å². The molecule has 0 amide bonds. The summed E-state index contributed by atoms with van der Waals surface area (Å²) in [5.74, 6) is -0.831. The van der Waals surface area contributed by atoms with Crippen molar-refractivity contribution in [2.24, 2.45) is 0 Å². The third-order valence-corrected chi connectivity index (χ3v) is 17.6. The zero-order chi connectivity index (χ0) is 58.5. The summed E-state index contributed by atoms with van der Waals surface area (Å²) < 4.78 is 16.9. The zero-order valence-electron chi connectivity index (χ0n) is 55.6. The summed E-state index contributed by atoms with van der Waals surface area (Å²) in [7, 11) is 0. The molecule has 0 spiro atoms. The Kier molecular flexibility index (Phi) is 69.5. The van der Waals surface area contributed by atoms with Gasteiger partial charge in [-0.05, 0) is 19.3 Å². The highest BCUT2D eigenvalue weighted by molar-refractivity contribution is 5.71. The van der Waals surface area contributed by atoms with E-state index in [1.165, 1.54) is 347 Å². The third kappa shape index (κ3) is 69.1. The molecule has 0 radical (unpaired) electrons. The molecule has 0 aromatic carbocycles. The summed E-state index contributed by atoms with van der Waals surface area (Å²) in [6.45, 7) is 6.70. The largest absolute Gasteiger partial charge is 0.462 e. The van der Waals surface area contributed by atoms with E-state index < -0.39 is 6.10 Å². The van der Waals surface area contributed by atoms with Gasteiger partial charge < -0.3 is 14.2 Å². The standard InChI is InChI=1S/C75H146O6/c1-4-7-10-13-16-18-20-22-24-26-28-30-32-33-34-35-36-37-38-39-40-41-42-43-45-46-48-50-52-54-56-59-62-65-68-74(77)80-71-72(70-79-73(76)67-64-61-58-15-12-9-6-3)81-75(78)69-66-63-60-57-55-53-51-49-47-44-31-29-27-25-23-21-19-17-14-11-8-5-2/h72H,4-71H2,1-3H3. The molecule has 0 heterocycles. The van der Waals surface area contributed by atoms with Crippen LogP contribution in [0.15, 0.2) is 0 Å². The van der Waals surface area contributed by atoms with E-state index in [0.717, 1.165) is 57.8 Å². The molecular weight excluding hydrogens is 997 g/mol. The van der Waals surface area contributed by atoms with Crippen molar-refractivity contribution in [3.05, 3.63) is 0 Å². The van der Waals surface area contributed by atoms with Crippen LogP contribution in [-0.4, -0.2) is 37.2 Å². The van der Waals surface area contributed by atoms with Crippen LogP contribution < -0.4 is 0 Å². The minimum atomic E-state index is -0.762. The molecule has 6 heteroatoms. The van der Waals surface area contributed by atoms with E-state index in [0.29, 0.717) is 19.3 Å². The van der Waals surface area contributed by atoms with Crippen molar-refractivity contribution in [2.75, 3.05) is 13.2 Å². The number of hydrogen-bond donors (Lipinski definition) is 0. The lowest BCUT2D eigenvalue weighted by atomic mass is 10.0. The molecule has 0 bridgehead atoms. The molecule has 1 unspecified atom stereocenters. The molecule has 0 aromatic rings. The van der Waals surface area contributed by atoms with Crippen LogP contribution in [0, 0.1) is 0 Å². The average molecular weight is 1140 g/mol. The van der Waals surface area contributed by atoms with Gasteiger partial charge in [-0.1, -0.05) is 406 Å². The molecule has 6 nitrogen and oxygen atoms in total. The molecular formula is C75H146O6.